The van der Waals surface area contributed by atoms with Gasteiger partial charge in [0.2, 0.25) is 5.91 Å². The highest BCUT2D eigenvalue weighted by Gasteiger charge is 2.18. The summed E-state index contributed by atoms with van der Waals surface area (Å²) in [6.07, 6.45) is 76.9. The third-order valence-electron chi connectivity index (χ3n) is 13.8. The number of aliphatic hydroxyl groups excluding tert-OH is 2. The number of hydrogen-bond donors (Lipinski definition) is 3. The fraction of sp³-hybridized carbons (Fsp3) is 0.812. The maximum atomic E-state index is 12.4. The normalized spacial score (nSPS) is 13.0. The molecule has 0 aliphatic carbocycles. The number of ether oxygens (including phenoxy) is 1. The number of aliphatic hydroxyl groups is 2. The zero-order chi connectivity index (χ0) is 50.7. The zero-order valence-electron chi connectivity index (χ0n) is 46.5. The van der Waals surface area contributed by atoms with E-state index in [0.29, 0.717) is 19.4 Å². The maximum absolute atomic E-state index is 12.4. The molecule has 70 heavy (non-hydrogen) atoms. The van der Waals surface area contributed by atoms with Crippen molar-refractivity contribution >= 4 is 11.9 Å². The molecule has 2 unspecified atom stereocenters. The van der Waals surface area contributed by atoms with Crippen LogP contribution in [0.25, 0.3) is 0 Å². The third kappa shape index (κ3) is 54.9. The van der Waals surface area contributed by atoms with Crippen LogP contribution in [-0.2, 0) is 14.3 Å². The molecule has 0 saturated carbocycles. The van der Waals surface area contributed by atoms with E-state index in [4.69, 9.17) is 4.74 Å². The van der Waals surface area contributed by atoms with Gasteiger partial charge in [0.25, 0.3) is 0 Å². The van der Waals surface area contributed by atoms with E-state index in [1.807, 2.05) is 6.08 Å². The number of carbonyl (C=O) groups is 2. The van der Waals surface area contributed by atoms with Gasteiger partial charge in [0.05, 0.1) is 25.4 Å². The van der Waals surface area contributed by atoms with Crippen molar-refractivity contribution in [3.8, 4) is 0 Å². The van der Waals surface area contributed by atoms with Crippen LogP contribution in [0, 0.1) is 0 Å². The fourth-order valence-electron chi connectivity index (χ4n) is 9.05. The van der Waals surface area contributed by atoms with Crippen molar-refractivity contribution in [1.29, 1.82) is 0 Å². The Kier molecular flexibility index (Phi) is 57.1. The molecule has 3 N–H and O–H groups in total. The summed E-state index contributed by atoms with van der Waals surface area (Å²) in [6, 6.07) is -0.630. The van der Waals surface area contributed by atoms with Crippen molar-refractivity contribution in [2.24, 2.45) is 0 Å². The molecule has 6 nitrogen and oxygen atoms in total. The lowest BCUT2D eigenvalue weighted by molar-refractivity contribution is -0.143. The number of unbranched alkanes of at least 4 members (excludes halogenated alkanes) is 37. The molecule has 0 aromatic rings. The van der Waals surface area contributed by atoms with E-state index in [1.54, 1.807) is 6.08 Å². The second-order valence-corrected chi connectivity index (χ2v) is 20.7. The Morgan fingerprint density at radius 2 is 0.714 bits per heavy atom. The first-order valence-corrected chi connectivity index (χ1v) is 30.6. The number of nitrogens with one attached hydrogen (secondary N) is 1. The van der Waals surface area contributed by atoms with Gasteiger partial charge in [0.15, 0.2) is 0 Å². The second-order valence-electron chi connectivity index (χ2n) is 20.7. The molecular formula is C64H117NO5. The zero-order valence-corrected chi connectivity index (χ0v) is 46.5. The number of allylic oxidation sites excluding steroid dienone is 9. The first-order chi connectivity index (χ1) is 34.5. The second kappa shape index (κ2) is 59.1. The molecule has 0 aromatic carbocycles. The van der Waals surface area contributed by atoms with Crippen LogP contribution in [0.5, 0.6) is 0 Å². The smallest absolute Gasteiger partial charge is 0.305 e. The van der Waals surface area contributed by atoms with Crippen LogP contribution in [0.1, 0.15) is 309 Å². The Labute approximate surface area is 435 Å². The summed E-state index contributed by atoms with van der Waals surface area (Å²) in [6.45, 7) is 4.85. The highest BCUT2D eigenvalue weighted by atomic mass is 16.5. The van der Waals surface area contributed by atoms with Gasteiger partial charge in [-0.2, -0.15) is 0 Å². The van der Waals surface area contributed by atoms with E-state index < -0.39 is 12.1 Å². The minimum atomic E-state index is -0.846. The van der Waals surface area contributed by atoms with Crippen LogP contribution < -0.4 is 5.32 Å². The monoisotopic (exact) mass is 980 g/mol. The van der Waals surface area contributed by atoms with E-state index in [2.05, 4.69) is 67.8 Å². The molecule has 408 valence electrons. The molecule has 0 heterocycles. The molecule has 0 spiro atoms. The first kappa shape index (κ1) is 67.6. The van der Waals surface area contributed by atoms with Crippen molar-refractivity contribution in [2.75, 3.05) is 13.2 Å². The minimum Gasteiger partial charge on any atom is -0.466 e. The highest BCUT2D eigenvalue weighted by Crippen LogP contribution is 2.16. The summed E-state index contributed by atoms with van der Waals surface area (Å²) in [5, 5.41) is 23.0. The van der Waals surface area contributed by atoms with Crippen LogP contribution in [-0.4, -0.2) is 47.4 Å². The molecule has 0 radical (unpaired) electrons. The largest absolute Gasteiger partial charge is 0.466 e. The lowest BCUT2D eigenvalue weighted by Gasteiger charge is -2.20. The van der Waals surface area contributed by atoms with Crippen molar-refractivity contribution in [2.45, 2.75) is 321 Å². The molecule has 2 atom stereocenters. The van der Waals surface area contributed by atoms with Crippen LogP contribution >= 0.6 is 0 Å². The van der Waals surface area contributed by atoms with Crippen molar-refractivity contribution in [3.05, 3.63) is 60.8 Å². The predicted octanol–water partition coefficient (Wildman–Crippen LogP) is 19.1. The average molecular weight is 981 g/mol. The van der Waals surface area contributed by atoms with Crippen LogP contribution in [0.3, 0.4) is 0 Å². The quantitative estimate of drug-likeness (QED) is 0.0321. The summed E-state index contributed by atoms with van der Waals surface area (Å²) < 4.78 is 5.48. The average Bonchev–Trinajstić information content (AvgIpc) is 3.36. The molecule has 0 aliphatic heterocycles. The maximum Gasteiger partial charge on any atom is 0.305 e. The Morgan fingerprint density at radius 1 is 0.400 bits per heavy atom. The first-order valence-electron chi connectivity index (χ1n) is 30.6. The molecule has 0 aromatic heterocycles. The summed E-state index contributed by atoms with van der Waals surface area (Å²) in [7, 11) is 0. The highest BCUT2D eigenvalue weighted by molar-refractivity contribution is 5.76. The third-order valence-corrected chi connectivity index (χ3v) is 13.8. The minimum absolute atomic E-state index is 0.00400. The Hall–Kier alpha value is -2.44. The van der Waals surface area contributed by atoms with E-state index in [9.17, 15) is 19.8 Å². The summed E-state index contributed by atoms with van der Waals surface area (Å²) in [4.78, 5) is 24.5. The van der Waals surface area contributed by atoms with Gasteiger partial charge in [-0.15, -0.1) is 0 Å². The number of hydrogen-bond acceptors (Lipinski definition) is 5. The van der Waals surface area contributed by atoms with Gasteiger partial charge in [0.1, 0.15) is 0 Å². The molecule has 0 saturated heterocycles. The van der Waals surface area contributed by atoms with Crippen molar-refractivity contribution in [1.82, 2.24) is 5.32 Å². The Bertz CT molecular complexity index is 1220. The van der Waals surface area contributed by atoms with E-state index in [-0.39, 0.29) is 18.5 Å². The number of esters is 1. The van der Waals surface area contributed by atoms with E-state index >= 15 is 0 Å². The lowest BCUT2D eigenvalue weighted by atomic mass is 10.0. The Morgan fingerprint density at radius 3 is 1.10 bits per heavy atom. The van der Waals surface area contributed by atoms with Gasteiger partial charge in [0, 0.05) is 12.8 Å². The van der Waals surface area contributed by atoms with E-state index in [0.717, 1.165) is 57.8 Å². The van der Waals surface area contributed by atoms with Gasteiger partial charge >= 0.3 is 5.97 Å². The van der Waals surface area contributed by atoms with Gasteiger partial charge < -0.3 is 20.3 Å². The Balaban J connectivity index is 3.43. The standard InChI is InChI=1S/C64H117NO5/c1-3-5-7-9-11-13-15-16-17-32-35-38-42-46-50-54-58-64(69)70-59-55-51-47-43-39-36-33-30-28-26-24-22-20-18-19-21-23-25-27-29-31-34-37-41-45-49-53-57-63(68)65-61(60-66)62(67)56-52-48-44-40-14-12-10-8-6-4-2/h13,15,17-19,22,24,32,52,56,61-62,66-67H,3-12,14,16,20-21,23,25-31,33-51,53-55,57-60H2,1-2H3,(H,65,68)/b15-13-,19-18-,24-22-,32-17-,56-52+. The number of rotatable bonds is 56. The van der Waals surface area contributed by atoms with E-state index in [1.165, 1.54) is 225 Å². The number of carbonyl (C=O) groups excluding carboxylic acids is 2. The van der Waals surface area contributed by atoms with Crippen LogP contribution in [0.4, 0.5) is 0 Å². The fourth-order valence-corrected chi connectivity index (χ4v) is 9.05. The summed E-state index contributed by atoms with van der Waals surface area (Å²) in [5.41, 5.74) is 0. The van der Waals surface area contributed by atoms with Gasteiger partial charge in [-0.25, -0.2) is 0 Å². The topological polar surface area (TPSA) is 95.9 Å². The lowest BCUT2D eigenvalue weighted by Crippen LogP contribution is -2.45. The molecule has 0 rings (SSSR count). The van der Waals surface area contributed by atoms with Gasteiger partial charge in [-0.3, -0.25) is 9.59 Å². The SMILES string of the molecule is CCCCCC/C=C\C/C=C\CCCCCCCC(=O)OCCCCCCCCCCC/C=C\C/C=C\CCCCCCCCCCCCCC(=O)NC(CO)C(O)/C=C/CCCCCCCCCC. The number of amides is 1. The summed E-state index contributed by atoms with van der Waals surface area (Å²) in [5.74, 6) is -0.0778. The van der Waals surface area contributed by atoms with Crippen LogP contribution in [0.2, 0.25) is 0 Å². The molecule has 1 amide bonds. The molecule has 0 fully saturated rings. The molecule has 6 heteroatoms. The van der Waals surface area contributed by atoms with Gasteiger partial charge in [-0.1, -0.05) is 261 Å². The van der Waals surface area contributed by atoms with Crippen LogP contribution in [0.15, 0.2) is 60.8 Å². The predicted molar refractivity (Wildman–Crippen MR) is 305 cm³/mol. The van der Waals surface area contributed by atoms with Crippen molar-refractivity contribution < 1.29 is 24.5 Å². The molecular weight excluding hydrogens is 863 g/mol. The molecule has 0 aliphatic rings. The molecule has 0 bridgehead atoms. The summed E-state index contributed by atoms with van der Waals surface area (Å²) >= 11 is 0. The van der Waals surface area contributed by atoms with Gasteiger partial charge in [-0.05, 0) is 96.3 Å². The van der Waals surface area contributed by atoms with Crippen molar-refractivity contribution in [3.63, 3.8) is 0 Å².